The van der Waals surface area contributed by atoms with Gasteiger partial charge in [0.25, 0.3) is 0 Å². The summed E-state index contributed by atoms with van der Waals surface area (Å²) >= 11 is 0. The first kappa shape index (κ1) is 26.1. The topological polar surface area (TPSA) is 69.9 Å². The van der Waals surface area contributed by atoms with Crippen molar-refractivity contribution in [2.24, 2.45) is 0 Å². The van der Waals surface area contributed by atoms with Crippen molar-refractivity contribution in [2.45, 2.75) is 0 Å². The zero-order valence-electron chi connectivity index (χ0n) is 36.0. The fourth-order valence-corrected chi connectivity index (χ4v) is 8.00. The molecule has 0 aliphatic rings. The molecular weight excluding hydrogens is 701 g/mol. The molecule has 0 radical (unpaired) electrons. The van der Waals surface area contributed by atoms with Gasteiger partial charge >= 0.3 is 0 Å². The Morgan fingerprint density at radius 3 is 1.68 bits per heavy atom. The Bertz CT molecular complexity index is 3750. The van der Waals surface area contributed by atoms with Gasteiger partial charge in [0.1, 0.15) is 22.3 Å². The number of rotatable bonds is 5. The van der Waals surface area contributed by atoms with Gasteiger partial charge in [0.15, 0.2) is 17.5 Å². The van der Waals surface area contributed by atoms with Crippen molar-refractivity contribution in [1.29, 1.82) is 0 Å². The maximum Gasteiger partial charge on any atom is 0.164 e. The highest BCUT2D eigenvalue weighted by Crippen LogP contribution is 2.44. The van der Waals surface area contributed by atoms with Crippen LogP contribution in [-0.2, 0) is 0 Å². The Kier molecular flexibility index (Phi) is 5.64. The largest absolute Gasteiger partial charge is 0.455 e. The molecule has 266 valence electrons. The third-order valence-electron chi connectivity index (χ3n) is 10.6. The third kappa shape index (κ3) is 4.94. The Balaban J connectivity index is 1.16. The van der Waals surface area contributed by atoms with E-state index < -0.39 is 0 Å². The molecule has 4 heterocycles. The van der Waals surface area contributed by atoms with E-state index in [9.17, 15) is 2.74 Å². The summed E-state index contributed by atoms with van der Waals surface area (Å²) < 4.78 is 68.6. The predicted molar refractivity (Wildman–Crippen MR) is 230 cm³/mol. The average Bonchev–Trinajstić information content (AvgIpc) is 4.01. The molecule has 0 atom stereocenters. The van der Waals surface area contributed by atoms with E-state index in [1.165, 1.54) is 12.1 Å². The van der Waals surface area contributed by atoms with E-state index in [-0.39, 0.29) is 58.1 Å². The lowest BCUT2D eigenvalue weighted by Crippen LogP contribution is -2.00. The van der Waals surface area contributed by atoms with Gasteiger partial charge in [-0.05, 0) is 42.4 Å². The molecule has 0 amide bonds. The molecule has 0 aliphatic carbocycles. The van der Waals surface area contributed by atoms with Crippen LogP contribution in [0.5, 0.6) is 0 Å². The standard InChI is InChI=1S/C51H30N4O2/c1-3-14-31(15-4-1)49-52-50(32-16-5-2-6-17-32)54-51(53-49)33-26-27-38-41-29-34(55-43-23-10-7-18-35(43)36-19-8-11-24-44(36)55)30-42(48(41)57-46(38)28-33)40-22-13-21-39-37-20-9-12-25-45(37)56-47(39)40/h1-30H/i7D,8D,18D,19D,23D,24D. The number of furan rings is 2. The second-order valence-corrected chi connectivity index (χ2v) is 13.9. The minimum Gasteiger partial charge on any atom is -0.455 e. The molecule has 57 heavy (non-hydrogen) atoms. The minimum atomic E-state index is -0.179. The molecule has 0 saturated carbocycles. The average molecular weight is 737 g/mol. The fourth-order valence-electron chi connectivity index (χ4n) is 8.00. The number of nitrogens with zero attached hydrogens (tertiary/aromatic N) is 4. The number of para-hydroxylation sites is 4. The summed E-state index contributed by atoms with van der Waals surface area (Å²) in [4.78, 5) is 14.8. The third-order valence-corrected chi connectivity index (χ3v) is 10.6. The van der Waals surface area contributed by atoms with E-state index in [1.54, 1.807) is 4.57 Å². The SMILES string of the molecule is [2H]c1cc([2H])c2c(c1[2H])c1c([2H])c([2H])cc([2H])c1n2-c1cc(-c2cccc3c2oc2ccccc23)c2oc3cc(-c4nc(-c5ccccc5)nc(-c5ccccc5)n4)ccc3c2c1. The number of hydrogen-bond donors (Lipinski definition) is 0. The lowest BCUT2D eigenvalue weighted by Gasteiger charge is -2.12. The summed E-state index contributed by atoms with van der Waals surface area (Å²) in [6.07, 6.45) is 0. The Morgan fingerprint density at radius 2 is 0.982 bits per heavy atom. The number of fused-ring (bicyclic) bond motifs is 9. The molecular formula is C51H30N4O2. The van der Waals surface area contributed by atoms with Crippen LogP contribution < -0.4 is 0 Å². The predicted octanol–water partition coefficient (Wildman–Crippen LogP) is 13.4. The summed E-state index contributed by atoms with van der Waals surface area (Å²) in [6.45, 7) is 0. The van der Waals surface area contributed by atoms with E-state index in [4.69, 9.17) is 29.3 Å². The van der Waals surface area contributed by atoms with Crippen molar-refractivity contribution in [1.82, 2.24) is 19.5 Å². The van der Waals surface area contributed by atoms with Gasteiger partial charge in [-0.15, -0.1) is 0 Å². The molecule has 0 unspecified atom stereocenters. The smallest absolute Gasteiger partial charge is 0.164 e. The molecule has 8 aromatic carbocycles. The minimum absolute atomic E-state index is 0.0441. The molecule has 0 aliphatic heterocycles. The molecule has 12 aromatic rings. The van der Waals surface area contributed by atoms with Crippen LogP contribution in [0, 0.1) is 0 Å². The van der Waals surface area contributed by atoms with Gasteiger partial charge in [0.05, 0.1) is 19.3 Å². The number of aromatic nitrogens is 4. The van der Waals surface area contributed by atoms with Crippen LogP contribution in [0.15, 0.2) is 191 Å². The maximum atomic E-state index is 9.17. The second-order valence-electron chi connectivity index (χ2n) is 13.9. The van der Waals surface area contributed by atoms with Gasteiger partial charge < -0.3 is 13.4 Å². The monoisotopic (exact) mass is 736 g/mol. The Labute approximate surface area is 334 Å². The Hall–Kier alpha value is -7.83. The van der Waals surface area contributed by atoms with Crippen LogP contribution in [0.2, 0.25) is 0 Å². The van der Waals surface area contributed by atoms with Crippen molar-refractivity contribution < 1.29 is 17.1 Å². The molecule has 0 N–H and O–H groups in total. The highest BCUT2D eigenvalue weighted by molar-refractivity contribution is 6.16. The molecule has 6 nitrogen and oxygen atoms in total. The zero-order valence-corrected chi connectivity index (χ0v) is 30.0. The first-order chi connectivity index (χ1) is 30.7. The normalized spacial score (nSPS) is 13.3. The van der Waals surface area contributed by atoms with Gasteiger partial charge in [-0.3, -0.25) is 0 Å². The molecule has 0 saturated heterocycles. The van der Waals surface area contributed by atoms with Crippen molar-refractivity contribution in [3.8, 4) is 51.0 Å². The first-order valence-corrected chi connectivity index (χ1v) is 18.5. The van der Waals surface area contributed by atoms with E-state index >= 15 is 0 Å². The quantitative estimate of drug-likeness (QED) is 0.176. The molecule has 12 rings (SSSR count). The highest BCUT2D eigenvalue weighted by atomic mass is 16.3. The van der Waals surface area contributed by atoms with Crippen LogP contribution in [-0.4, -0.2) is 19.5 Å². The van der Waals surface area contributed by atoms with E-state index in [2.05, 4.69) is 0 Å². The van der Waals surface area contributed by atoms with Crippen LogP contribution in [0.4, 0.5) is 0 Å². The lowest BCUT2D eigenvalue weighted by atomic mass is 9.98. The van der Waals surface area contributed by atoms with Gasteiger partial charge in [-0.2, -0.15) is 0 Å². The molecule has 0 spiro atoms. The summed E-state index contributed by atoms with van der Waals surface area (Å²) in [7, 11) is 0. The number of benzene rings is 8. The van der Waals surface area contributed by atoms with Crippen molar-refractivity contribution in [2.75, 3.05) is 0 Å². The lowest BCUT2D eigenvalue weighted by molar-refractivity contribution is 0.665. The van der Waals surface area contributed by atoms with Gasteiger partial charge in [-0.1, -0.05) is 139 Å². The van der Waals surface area contributed by atoms with Gasteiger partial charge in [-0.25, -0.2) is 15.0 Å². The summed E-state index contributed by atoms with van der Waals surface area (Å²) in [6, 6.07) is 44.9. The summed E-state index contributed by atoms with van der Waals surface area (Å²) in [5.74, 6) is 1.53. The fraction of sp³-hybridized carbons (Fsp3) is 0. The van der Waals surface area contributed by atoms with Gasteiger partial charge in [0, 0.05) is 65.8 Å². The van der Waals surface area contributed by atoms with Gasteiger partial charge in [0.2, 0.25) is 0 Å². The second kappa shape index (κ2) is 12.3. The van der Waals surface area contributed by atoms with E-state index in [1.807, 2.05) is 133 Å². The summed E-state index contributed by atoms with van der Waals surface area (Å²) in [5.41, 5.74) is 7.39. The van der Waals surface area contributed by atoms with Crippen LogP contribution >= 0.6 is 0 Å². The Morgan fingerprint density at radius 1 is 0.404 bits per heavy atom. The van der Waals surface area contributed by atoms with Crippen molar-refractivity contribution >= 4 is 65.7 Å². The zero-order chi connectivity index (χ0) is 42.7. The van der Waals surface area contributed by atoms with Crippen LogP contribution in [0.25, 0.3) is 117 Å². The highest BCUT2D eigenvalue weighted by Gasteiger charge is 2.22. The summed E-state index contributed by atoms with van der Waals surface area (Å²) in [5, 5.41) is 3.74. The molecule has 0 fully saturated rings. The molecule has 4 aromatic heterocycles. The molecule has 6 heteroatoms. The van der Waals surface area contributed by atoms with E-state index in [0.717, 1.165) is 43.8 Å². The van der Waals surface area contributed by atoms with Crippen molar-refractivity contribution in [3.63, 3.8) is 0 Å². The van der Waals surface area contributed by atoms with Crippen molar-refractivity contribution in [3.05, 3.63) is 182 Å². The van der Waals surface area contributed by atoms with Crippen LogP contribution in [0.1, 0.15) is 8.22 Å². The molecule has 0 bridgehead atoms. The maximum absolute atomic E-state index is 9.17. The number of hydrogen-bond acceptors (Lipinski definition) is 5. The first-order valence-electron chi connectivity index (χ1n) is 21.5. The van der Waals surface area contributed by atoms with Crippen LogP contribution in [0.3, 0.4) is 0 Å². The van der Waals surface area contributed by atoms with E-state index in [0.29, 0.717) is 51.0 Å².